The molecule has 0 bridgehead atoms. The molecule has 1 aromatic carbocycles. The summed E-state index contributed by atoms with van der Waals surface area (Å²) in [6, 6.07) is 5.11. The van der Waals surface area contributed by atoms with Crippen molar-refractivity contribution in [1.82, 2.24) is 9.97 Å². The first-order chi connectivity index (χ1) is 7.31. The van der Waals surface area contributed by atoms with Crippen LogP contribution in [0.25, 0.3) is 10.9 Å². The summed E-state index contributed by atoms with van der Waals surface area (Å²) in [5.41, 5.74) is 1.17. The summed E-state index contributed by atoms with van der Waals surface area (Å²) in [4.78, 5) is 17.9. The van der Waals surface area contributed by atoms with Crippen LogP contribution in [0.15, 0.2) is 29.3 Å². The Morgan fingerprint density at radius 1 is 1.47 bits per heavy atom. The molecule has 0 unspecified atom stereocenters. The van der Waals surface area contributed by atoms with Gasteiger partial charge in [0.15, 0.2) is 0 Å². The number of hydrogen-bond acceptors (Lipinski definition) is 3. The molecule has 0 atom stereocenters. The Kier molecular flexibility index (Phi) is 2.48. The van der Waals surface area contributed by atoms with E-state index in [1.54, 1.807) is 18.2 Å². The van der Waals surface area contributed by atoms with E-state index in [0.717, 1.165) is 5.56 Å². The van der Waals surface area contributed by atoms with E-state index in [1.165, 1.54) is 6.33 Å². The van der Waals surface area contributed by atoms with Gasteiger partial charge in [-0.2, -0.15) is 0 Å². The minimum atomic E-state index is -0.180. The van der Waals surface area contributed by atoms with Gasteiger partial charge in [0.1, 0.15) is 6.61 Å². The quantitative estimate of drug-likeness (QED) is 0.600. The van der Waals surface area contributed by atoms with Gasteiger partial charge < -0.3 is 10.1 Å². The van der Waals surface area contributed by atoms with Crippen LogP contribution in [0.2, 0.25) is 0 Å². The Bertz CT molecular complexity index is 605. The van der Waals surface area contributed by atoms with Gasteiger partial charge in [0.2, 0.25) is 0 Å². The molecular weight excluding hydrogens is 192 g/mol. The number of hydrogen-bond donors (Lipinski definition) is 2. The highest BCUT2D eigenvalue weighted by atomic mass is 16.2. The number of aliphatic hydroxyl groups excluding tert-OH is 1. The molecule has 0 saturated heterocycles. The molecule has 0 fully saturated rings. The molecule has 1 aromatic heterocycles. The summed E-state index contributed by atoms with van der Waals surface area (Å²) in [5.74, 6) is 5.29. The van der Waals surface area contributed by atoms with E-state index in [0.29, 0.717) is 10.9 Å². The van der Waals surface area contributed by atoms with Gasteiger partial charge in [-0.05, 0) is 18.2 Å². The maximum Gasteiger partial charge on any atom is 0.258 e. The van der Waals surface area contributed by atoms with E-state index in [9.17, 15) is 4.79 Å². The van der Waals surface area contributed by atoms with Gasteiger partial charge in [0.25, 0.3) is 5.56 Å². The largest absolute Gasteiger partial charge is 0.384 e. The molecule has 15 heavy (non-hydrogen) atoms. The van der Waals surface area contributed by atoms with Gasteiger partial charge in [-0.25, -0.2) is 4.98 Å². The van der Waals surface area contributed by atoms with Crippen LogP contribution in [-0.2, 0) is 0 Å². The highest BCUT2D eigenvalue weighted by molar-refractivity contribution is 5.78. The molecule has 0 saturated carbocycles. The lowest BCUT2D eigenvalue weighted by Crippen LogP contribution is -2.05. The van der Waals surface area contributed by atoms with E-state index in [-0.39, 0.29) is 12.2 Å². The summed E-state index contributed by atoms with van der Waals surface area (Å²) < 4.78 is 0. The predicted molar refractivity (Wildman–Crippen MR) is 56.3 cm³/mol. The lowest BCUT2D eigenvalue weighted by Gasteiger charge is -1.95. The third-order valence-electron chi connectivity index (χ3n) is 1.95. The maximum atomic E-state index is 11.3. The molecule has 0 aliphatic heterocycles. The Labute approximate surface area is 85.6 Å². The van der Waals surface area contributed by atoms with Crippen molar-refractivity contribution in [2.45, 2.75) is 0 Å². The van der Waals surface area contributed by atoms with Crippen LogP contribution >= 0.6 is 0 Å². The standard InChI is InChI=1S/C11H8N2O2/c14-5-1-2-8-3-4-9-10(6-8)12-7-13-11(9)15/h3-4,6-7,14H,5H2,(H,12,13,15). The molecule has 0 spiro atoms. The van der Waals surface area contributed by atoms with Gasteiger partial charge in [-0.3, -0.25) is 4.79 Å². The highest BCUT2D eigenvalue weighted by Crippen LogP contribution is 2.07. The fourth-order valence-corrected chi connectivity index (χ4v) is 1.29. The second-order valence-electron chi connectivity index (χ2n) is 2.92. The summed E-state index contributed by atoms with van der Waals surface area (Å²) >= 11 is 0. The molecule has 74 valence electrons. The first-order valence-corrected chi connectivity index (χ1v) is 4.38. The van der Waals surface area contributed by atoms with E-state index in [2.05, 4.69) is 21.8 Å². The smallest absolute Gasteiger partial charge is 0.258 e. The van der Waals surface area contributed by atoms with Gasteiger partial charge in [-0.15, -0.1) is 0 Å². The van der Waals surface area contributed by atoms with Crippen LogP contribution in [0.1, 0.15) is 5.56 Å². The molecule has 4 nitrogen and oxygen atoms in total. The van der Waals surface area contributed by atoms with Crippen molar-refractivity contribution in [2.75, 3.05) is 6.61 Å². The number of fused-ring (bicyclic) bond motifs is 1. The van der Waals surface area contributed by atoms with Gasteiger partial charge >= 0.3 is 0 Å². The Balaban J connectivity index is 2.62. The van der Waals surface area contributed by atoms with Crippen molar-refractivity contribution in [2.24, 2.45) is 0 Å². The molecule has 0 radical (unpaired) electrons. The summed E-state index contributed by atoms with van der Waals surface area (Å²) in [7, 11) is 0. The molecule has 1 heterocycles. The number of nitrogens with one attached hydrogen (secondary N) is 1. The van der Waals surface area contributed by atoms with Gasteiger partial charge in [-0.1, -0.05) is 11.8 Å². The predicted octanol–water partition coefficient (Wildman–Crippen LogP) is 0.267. The van der Waals surface area contributed by atoms with Crippen molar-refractivity contribution in [1.29, 1.82) is 0 Å². The van der Waals surface area contributed by atoms with E-state index in [1.807, 2.05) is 0 Å². The fourth-order valence-electron chi connectivity index (χ4n) is 1.29. The zero-order chi connectivity index (χ0) is 10.7. The minimum absolute atomic E-state index is 0.165. The number of aromatic nitrogens is 2. The van der Waals surface area contributed by atoms with E-state index >= 15 is 0 Å². The average Bonchev–Trinajstić information content (AvgIpc) is 2.26. The zero-order valence-corrected chi connectivity index (χ0v) is 7.82. The molecule has 4 heteroatoms. The van der Waals surface area contributed by atoms with Crippen molar-refractivity contribution in [3.63, 3.8) is 0 Å². The molecule has 0 aliphatic carbocycles. The molecule has 2 aromatic rings. The Morgan fingerprint density at radius 3 is 3.13 bits per heavy atom. The molecular formula is C11H8N2O2. The number of H-pyrrole nitrogens is 1. The normalized spacial score (nSPS) is 9.67. The first kappa shape index (κ1) is 9.44. The number of aromatic amines is 1. The second kappa shape index (κ2) is 3.95. The third-order valence-corrected chi connectivity index (χ3v) is 1.95. The van der Waals surface area contributed by atoms with Crippen LogP contribution in [-0.4, -0.2) is 21.7 Å². The topological polar surface area (TPSA) is 66.0 Å². The van der Waals surface area contributed by atoms with Crippen molar-refractivity contribution in [3.8, 4) is 11.8 Å². The third kappa shape index (κ3) is 1.87. The lowest BCUT2D eigenvalue weighted by atomic mass is 10.1. The highest BCUT2D eigenvalue weighted by Gasteiger charge is 1.98. The monoisotopic (exact) mass is 200 g/mol. The van der Waals surface area contributed by atoms with Crippen LogP contribution in [0.3, 0.4) is 0 Å². The Hall–Kier alpha value is -2.12. The first-order valence-electron chi connectivity index (χ1n) is 4.38. The van der Waals surface area contributed by atoms with Crippen LogP contribution in [0.5, 0.6) is 0 Å². The van der Waals surface area contributed by atoms with Crippen molar-refractivity contribution >= 4 is 10.9 Å². The van der Waals surface area contributed by atoms with Crippen molar-refractivity contribution < 1.29 is 5.11 Å². The number of rotatable bonds is 0. The minimum Gasteiger partial charge on any atom is -0.384 e. The summed E-state index contributed by atoms with van der Waals surface area (Å²) in [6.07, 6.45) is 1.36. The second-order valence-corrected chi connectivity index (χ2v) is 2.92. The number of aliphatic hydroxyl groups is 1. The van der Waals surface area contributed by atoms with E-state index < -0.39 is 0 Å². The van der Waals surface area contributed by atoms with E-state index in [4.69, 9.17) is 5.11 Å². The average molecular weight is 200 g/mol. The molecule has 2 N–H and O–H groups in total. The van der Waals surface area contributed by atoms with Crippen LogP contribution in [0, 0.1) is 11.8 Å². The summed E-state index contributed by atoms with van der Waals surface area (Å²) in [5, 5.41) is 9.08. The van der Waals surface area contributed by atoms with Gasteiger partial charge in [0, 0.05) is 5.56 Å². The maximum absolute atomic E-state index is 11.3. The SMILES string of the molecule is O=c1[nH]cnc2cc(C#CCO)ccc12. The molecule has 0 amide bonds. The summed E-state index contributed by atoms with van der Waals surface area (Å²) in [6.45, 7) is -0.180. The zero-order valence-electron chi connectivity index (χ0n) is 7.82. The fraction of sp³-hybridized carbons (Fsp3) is 0.0909. The lowest BCUT2D eigenvalue weighted by molar-refractivity contribution is 0.350. The Morgan fingerprint density at radius 2 is 2.33 bits per heavy atom. The number of benzene rings is 1. The van der Waals surface area contributed by atoms with Crippen molar-refractivity contribution in [3.05, 3.63) is 40.4 Å². The molecule has 2 rings (SSSR count). The van der Waals surface area contributed by atoms with Crippen LogP contribution in [0.4, 0.5) is 0 Å². The number of nitrogens with zero attached hydrogens (tertiary/aromatic N) is 1. The molecule has 0 aliphatic rings. The van der Waals surface area contributed by atoms with Gasteiger partial charge in [0.05, 0.1) is 17.2 Å². The van der Waals surface area contributed by atoms with Crippen LogP contribution < -0.4 is 5.56 Å².